The van der Waals surface area contributed by atoms with Crippen LogP contribution in [0.15, 0.2) is 22.9 Å². The minimum atomic E-state index is -1.03. The number of likely N-dealkylation sites (tertiary alicyclic amines) is 1. The van der Waals surface area contributed by atoms with Crippen molar-refractivity contribution in [3.05, 3.63) is 28.5 Å². The van der Waals surface area contributed by atoms with Crippen molar-refractivity contribution in [3.8, 4) is 0 Å². The van der Waals surface area contributed by atoms with Gasteiger partial charge >= 0.3 is 12.1 Å². The van der Waals surface area contributed by atoms with Gasteiger partial charge in [0.25, 0.3) is 0 Å². The molecular formula is C19H27BrN2O5. The van der Waals surface area contributed by atoms with E-state index in [-0.39, 0.29) is 6.09 Å². The van der Waals surface area contributed by atoms with Crippen LogP contribution in [-0.2, 0) is 19.9 Å². The second-order valence-corrected chi connectivity index (χ2v) is 8.44. The highest BCUT2D eigenvalue weighted by Crippen LogP contribution is 2.39. The molecule has 0 saturated carbocycles. The summed E-state index contributed by atoms with van der Waals surface area (Å²) >= 11 is 3.46. The molecule has 1 N–H and O–H groups in total. The van der Waals surface area contributed by atoms with E-state index >= 15 is 0 Å². The number of ether oxygens (including phenoxy) is 2. The van der Waals surface area contributed by atoms with Crippen LogP contribution in [0.4, 0.5) is 4.79 Å². The maximum Gasteiger partial charge on any atom is 0.410 e. The van der Waals surface area contributed by atoms with Crippen molar-refractivity contribution in [2.24, 2.45) is 0 Å². The van der Waals surface area contributed by atoms with Crippen molar-refractivity contribution in [1.82, 2.24) is 9.88 Å². The van der Waals surface area contributed by atoms with E-state index in [1.54, 1.807) is 17.2 Å². The topological polar surface area (TPSA) is 89.0 Å². The molecule has 0 aliphatic carbocycles. The van der Waals surface area contributed by atoms with Gasteiger partial charge in [0, 0.05) is 24.8 Å². The maximum absolute atomic E-state index is 12.5. The first-order valence-corrected chi connectivity index (χ1v) is 9.87. The van der Waals surface area contributed by atoms with Gasteiger partial charge in [-0.2, -0.15) is 0 Å². The number of aliphatic carboxylic acids is 1. The lowest BCUT2D eigenvalue weighted by atomic mass is 9.84. The molecule has 27 heavy (non-hydrogen) atoms. The summed E-state index contributed by atoms with van der Waals surface area (Å²) in [4.78, 5) is 29.6. The first-order chi connectivity index (χ1) is 12.6. The predicted octanol–water partition coefficient (Wildman–Crippen LogP) is 3.95. The second kappa shape index (κ2) is 9.01. The van der Waals surface area contributed by atoms with E-state index < -0.39 is 23.8 Å². The van der Waals surface area contributed by atoms with Gasteiger partial charge in [-0.05, 0) is 68.5 Å². The fraction of sp³-hybridized carbons (Fsp3) is 0.632. The molecule has 8 heteroatoms. The first kappa shape index (κ1) is 21.6. The van der Waals surface area contributed by atoms with Crippen LogP contribution in [0.2, 0.25) is 0 Å². The number of hydrogen-bond acceptors (Lipinski definition) is 5. The lowest BCUT2D eigenvalue weighted by Gasteiger charge is -2.38. The molecule has 1 amide bonds. The quantitative estimate of drug-likeness (QED) is 0.709. The van der Waals surface area contributed by atoms with Gasteiger partial charge in [0.2, 0.25) is 0 Å². The Morgan fingerprint density at radius 1 is 1.30 bits per heavy atom. The average Bonchev–Trinajstić information content (AvgIpc) is 2.54. The van der Waals surface area contributed by atoms with E-state index in [2.05, 4.69) is 20.9 Å². The maximum atomic E-state index is 12.5. The summed E-state index contributed by atoms with van der Waals surface area (Å²) in [6, 6.07) is 3.69. The Hall–Kier alpha value is -1.67. The van der Waals surface area contributed by atoms with Crippen LogP contribution in [-0.4, -0.2) is 52.4 Å². The van der Waals surface area contributed by atoms with Crippen LogP contribution in [0, 0.1) is 0 Å². The number of carboxylic acids is 1. The van der Waals surface area contributed by atoms with Crippen molar-refractivity contribution in [1.29, 1.82) is 0 Å². The number of amides is 1. The minimum absolute atomic E-state index is 0.359. The molecule has 1 aromatic rings. The van der Waals surface area contributed by atoms with E-state index in [1.165, 1.54) is 0 Å². The SMILES string of the molecule is CC(C)(C)OC(=O)N1CCCCC(OCC(=O)O)(c2cccnc2Br)CC1. The summed E-state index contributed by atoms with van der Waals surface area (Å²) in [6.45, 7) is 6.12. The average molecular weight is 443 g/mol. The number of carboxylic acid groups (broad SMARTS) is 1. The molecule has 1 aromatic heterocycles. The van der Waals surface area contributed by atoms with Crippen LogP contribution in [0.25, 0.3) is 0 Å². The van der Waals surface area contributed by atoms with Crippen molar-refractivity contribution in [2.75, 3.05) is 19.7 Å². The zero-order chi connectivity index (χ0) is 20.1. The molecule has 1 aliphatic rings. The van der Waals surface area contributed by atoms with Crippen molar-refractivity contribution in [2.45, 2.75) is 57.7 Å². The molecule has 1 aliphatic heterocycles. The molecule has 0 aromatic carbocycles. The third kappa shape index (κ3) is 6.17. The number of rotatable bonds is 4. The van der Waals surface area contributed by atoms with Crippen LogP contribution in [0.1, 0.15) is 52.0 Å². The van der Waals surface area contributed by atoms with E-state index in [4.69, 9.17) is 14.6 Å². The molecule has 1 saturated heterocycles. The lowest BCUT2D eigenvalue weighted by molar-refractivity contribution is -0.153. The smallest absolute Gasteiger partial charge is 0.410 e. The van der Waals surface area contributed by atoms with E-state index in [9.17, 15) is 9.59 Å². The zero-order valence-electron chi connectivity index (χ0n) is 16.0. The van der Waals surface area contributed by atoms with E-state index in [0.717, 1.165) is 18.4 Å². The molecule has 0 spiro atoms. The van der Waals surface area contributed by atoms with Gasteiger partial charge < -0.3 is 19.5 Å². The first-order valence-electron chi connectivity index (χ1n) is 9.08. The van der Waals surface area contributed by atoms with Crippen molar-refractivity contribution < 1.29 is 24.2 Å². The third-order valence-electron chi connectivity index (χ3n) is 4.42. The zero-order valence-corrected chi connectivity index (χ0v) is 17.6. The van der Waals surface area contributed by atoms with Gasteiger partial charge in [0.05, 0.1) is 5.60 Å². The summed E-state index contributed by atoms with van der Waals surface area (Å²) in [5.74, 6) is -1.03. The summed E-state index contributed by atoms with van der Waals surface area (Å²) in [7, 11) is 0. The Balaban J connectivity index is 2.27. The van der Waals surface area contributed by atoms with Crippen LogP contribution in [0.3, 0.4) is 0 Å². The highest BCUT2D eigenvalue weighted by molar-refractivity contribution is 9.10. The van der Waals surface area contributed by atoms with Gasteiger partial charge in [-0.3, -0.25) is 0 Å². The Bertz CT molecular complexity index is 676. The number of nitrogens with zero attached hydrogens (tertiary/aromatic N) is 2. The number of carbonyl (C=O) groups is 2. The molecule has 1 atom stereocenters. The molecule has 2 rings (SSSR count). The highest BCUT2D eigenvalue weighted by atomic mass is 79.9. The predicted molar refractivity (Wildman–Crippen MR) is 103 cm³/mol. The van der Waals surface area contributed by atoms with Gasteiger partial charge in [0.1, 0.15) is 16.8 Å². The highest BCUT2D eigenvalue weighted by Gasteiger charge is 2.38. The molecule has 0 radical (unpaired) electrons. The Morgan fingerprint density at radius 3 is 2.67 bits per heavy atom. The number of carbonyl (C=O) groups excluding carboxylic acids is 1. The largest absolute Gasteiger partial charge is 0.480 e. The van der Waals surface area contributed by atoms with Gasteiger partial charge in [0.15, 0.2) is 0 Å². The molecule has 7 nitrogen and oxygen atoms in total. The molecule has 1 unspecified atom stereocenters. The normalized spacial score (nSPS) is 21.3. The summed E-state index contributed by atoms with van der Waals surface area (Å²) < 4.78 is 12.0. The number of pyridine rings is 1. The minimum Gasteiger partial charge on any atom is -0.480 e. The fourth-order valence-electron chi connectivity index (χ4n) is 3.19. The standard InChI is InChI=1S/C19H27BrN2O5/c1-18(2,3)27-17(25)22-11-5-4-8-19(9-12-22,26-13-15(23)24)14-7-6-10-21-16(14)20/h6-7,10H,4-5,8-9,11-13H2,1-3H3,(H,23,24). The summed E-state index contributed by atoms with van der Waals surface area (Å²) in [5.41, 5.74) is -0.591. The third-order valence-corrected chi connectivity index (χ3v) is 5.05. The Labute approximate surface area is 168 Å². The Morgan fingerprint density at radius 2 is 2.04 bits per heavy atom. The molecule has 150 valence electrons. The number of aromatic nitrogens is 1. The van der Waals surface area contributed by atoms with Crippen LogP contribution < -0.4 is 0 Å². The molecule has 1 fully saturated rings. The van der Waals surface area contributed by atoms with Crippen molar-refractivity contribution >= 4 is 28.0 Å². The van der Waals surface area contributed by atoms with Gasteiger partial charge in [-0.25, -0.2) is 14.6 Å². The van der Waals surface area contributed by atoms with E-state index in [0.29, 0.717) is 30.5 Å². The molecular weight excluding hydrogens is 416 g/mol. The van der Waals surface area contributed by atoms with E-state index in [1.807, 2.05) is 26.8 Å². The molecule has 0 bridgehead atoms. The van der Waals surface area contributed by atoms with Gasteiger partial charge in [-0.15, -0.1) is 0 Å². The van der Waals surface area contributed by atoms with Crippen LogP contribution in [0.5, 0.6) is 0 Å². The van der Waals surface area contributed by atoms with Crippen LogP contribution >= 0.6 is 15.9 Å². The second-order valence-electron chi connectivity index (χ2n) is 7.69. The monoisotopic (exact) mass is 442 g/mol. The van der Waals surface area contributed by atoms with Crippen molar-refractivity contribution in [3.63, 3.8) is 0 Å². The summed E-state index contributed by atoms with van der Waals surface area (Å²) in [5, 5.41) is 9.13. The fourth-order valence-corrected chi connectivity index (χ4v) is 3.80. The lowest BCUT2D eigenvalue weighted by Crippen LogP contribution is -2.43. The number of halogens is 1. The molecule has 2 heterocycles. The Kier molecular flexibility index (Phi) is 7.22. The van der Waals surface area contributed by atoms with Gasteiger partial charge in [-0.1, -0.05) is 6.07 Å². The summed E-state index contributed by atoms with van der Waals surface area (Å²) in [6.07, 6.45) is 4.00. The number of hydrogen-bond donors (Lipinski definition) is 1.